The molecule has 2 aromatic rings. The minimum absolute atomic E-state index is 0.245. The number of aromatic amines is 1. The molecule has 1 fully saturated rings. The lowest BCUT2D eigenvalue weighted by Crippen LogP contribution is -2.52. The highest BCUT2D eigenvalue weighted by atomic mass is 32.1. The fraction of sp³-hybridized carbons (Fsp3) is 0.400. The summed E-state index contributed by atoms with van der Waals surface area (Å²) in [7, 11) is 0. The van der Waals surface area contributed by atoms with E-state index >= 15 is 0 Å². The SMILES string of the molecule is Cc1[nH]c2c(C(=O)NC3CCC(=O)NC3=O)c(C)sc2c1C. The molecule has 1 atom stereocenters. The van der Waals surface area contributed by atoms with Crippen LogP contribution in [-0.4, -0.2) is 28.7 Å². The number of hydrogen-bond acceptors (Lipinski definition) is 4. The molecule has 1 aliphatic rings. The van der Waals surface area contributed by atoms with Crippen molar-refractivity contribution in [3.05, 3.63) is 21.7 Å². The molecule has 22 heavy (non-hydrogen) atoms. The van der Waals surface area contributed by atoms with Crippen LogP contribution in [0, 0.1) is 20.8 Å². The Morgan fingerprint density at radius 3 is 2.68 bits per heavy atom. The number of fused-ring (bicyclic) bond motifs is 1. The van der Waals surface area contributed by atoms with Crippen molar-refractivity contribution >= 4 is 39.3 Å². The summed E-state index contributed by atoms with van der Waals surface area (Å²) in [4.78, 5) is 39.6. The van der Waals surface area contributed by atoms with Crippen LogP contribution in [0.1, 0.15) is 39.3 Å². The maximum Gasteiger partial charge on any atom is 0.255 e. The van der Waals surface area contributed by atoms with Gasteiger partial charge in [-0.2, -0.15) is 0 Å². The van der Waals surface area contributed by atoms with Gasteiger partial charge in [-0.05, 0) is 32.8 Å². The maximum absolute atomic E-state index is 12.6. The van der Waals surface area contributed by atoms with Crippen LogP contribution in [0.4, 0.5) is 0 Å². The number of imide groups is 1. The van der Waals surface area contributed by atoms with Crippen molar-refractivity contribution in [1.29, 1.82) is 0 Å². The first-order valence-corrected chi connectivity index (χ1v) is 7.93. The molecule has 7 heteroatoms. The van der Waals surface area contributed by atoms with E-state index in [-0.39, 0.29) is 18.2 Å². The van der Waals surface area contributed by atoms with Gasteiger partial charge in [0.25, 0.3) is 5.91 Å². The first-order valence-electron chi connectivity index (χ1n) is 7.11. The first-order chi connectivity index (χ1) is 10.4. The normalized spacial score (nSPS) is 18.6. The number of thiophene rings is 1. The molecule has 2 aromatic heterocycles. The fourth-order valence-electron chi connectivity index (χ4n) is 2.71. The quantitative estimate of drug-likeness (QED) is 0.736. The minimum atomic E-state index is -0.656. The molecule has 0 aliphatic carbocycles. The molecule has 1 saturated heterocycles. The van der Waals surface area contributed by atoms with Crippen LogP contribution in [0.2, 0.25) is 0 Å². The van der Waals surface area contributed by atoms with Crippen molar-refractivity contribution in [3.63, 3.8) is 0 Å². The zero-order chi connectivity index (χ0) is 16.0. The number of piperidine rings is 1. The topological polar surface area (TPSA) is 91.1 Å². The number of H-pyrrole nitrogens is 1. The van der Waals surface area contributed by atoms with E-state index in [1.165, 1.54) is 0 Å². The van der Waals surface area contributed by atoms with Crippen LogP contribution < -0.4 is 10.6 Å². The number of carbonyl (C=O) groups is 3. The van der Waals surface area contributed by atoms with Gasteiger partial charge in [-0.25, -0.2) is 0 Å². The van der Waals surface area contributed by atoms with Crippen LogP contribution in [0.25, 0.3) is 10.2 Å². The summed E-state index contributed by atoms with van der Waals surface area (Å²) >= 11 is 1.57. The zero-order valence-electron chi connectivity index (χ0n) is 12.6. The van der Waals surface area contributed by atoms with Crippen LogP contribution in [-0.2, 0) is 9.59 Å². The Balaban J connectivity index is 1.89. The predicted molar refractivity (Wildman–Crippen MR) is 84.0 cm³/mol. The number of carbonyl (C=O) groups excluding carboxylic acids is 3. The molecule has 0 spiro atoms. The summed E-state index contributed by atoms with van der Waals surface area (Å²) in [6.07, 6.45) is 0.584. The van der Waals surface area contributed by atoms with E-state index in [1.807, 2.05) is 20.8 Å². The van der Waals surface area contributed by atoms with Gasteiger partial charge in [0.05, 0.1) is 15.8 Å². The van der Waals surface area contributed by atoms with Gasteiger partial charge >= 0.3 is 0 Å². The van der Waals surface area contributed by atoms with Gasteiger partial charge in [0, 0.05) is 17.0 Å². The van der Waals surface area contributed by atoms with Crippen molar-refractivity contribution in [3.8, 4) is 0 Å². The summed E-state index contributed by atoms with van der Waals surface area (Å²) < 4.78 is 1.07. The average Bonchev–Trinajstić information content (AvgIpc) is 2.89. The molecule has 1 aliphatic heterocycles. The number of hydrogen-bond donors (Lipinski definition) is 3. The molecule has 0 saturated carbocycles. The highest BCUT2D eigenvalue weighted by Gasteiger charge is 2.29. The smallest absolute Gasteiger partial charge is 0.255 e. The molecule has 116 valence electrons. The van der Waals surface area contributed by atoms with Crippen LogP contribution in [0.3, 0.4) is 0 Å². The van der Waals surface area contributed by atoms with Gasteiger partial charge in [-0.1, -0.05) is 0 Å². The first kappa shape index (κ1) is 14.8. The summed E-state index contributed by atoms with van der Waals surface area (Å²) in [6, 6.07) is -0.656. The van der Waals surface area contributed by atoms with Crippen molar-refractivity contribution in [2.24, 2.45) is 0 Å². The standard InChI is InChI=1S/C15H17N3O3S/c1-6-7(2)16-12-11(8(3)22-13(6)12)15(21)17-9-4-5-10(19)18-14(9)20/h9,16H,4-5H2,1-3H3,(H,17,21)(H,18,19,20). The van der Waals surface area contributed by atoms with Gasteiger partial charge in [0.1, 0.15) is 6.04 Å². The molecular weight excluding hydrogens is 302 g/mol. The molecule has 3 N–H and O–H groups in total. The largest absolute Gasteiger partial charge is 0.357 e. The average molecular weight is 319 g/mol. The monoisotopic (exact) mass is 319 g/mol. The van der Waals surface area contributed by atoms with Crippen LogP contribution in [0.15, 0.2) is 0 Å². The number of aryl methyl sites for hydroxylation is 3. The highest BCUT2D eigenvalue weighted by molar-refractivity contribution is 7.19. The number of amides is 3. The zero-order valence-corrected chi connectivity index (χ0v) is 13.4. The second-order valence-corrected chi connectivity index (χ2v) is 6.81. The number of aromatic nitrogens is 1. The Morgan fingerprint density at radius 1 is 1.27 bits per heavy atom. The summed E-state index contributed by atoms with van der Waals surface area (Å²) in [6.45, 7) is 5.89. The lowest BCUT2D eigenvalue weighted by molar-refractivity contribution is -0.134. The van der Waals surface area contributed by atoms with E-state index in [1.54, 1.807) is 11.3 Å². The van der Waals surface area contributed by atoms with Gasteiger partial charge < -0.3 is 10.3 Å². The number of nitrogens with one attached hydrogen (secondary N) is 3. The van der Waals surface area contributed by atoms with Crippen LogP contribution in [0.5, 0.6) is 0 Å². The minimum Gasteiger partial charge on any atom is -0.357 e. The van der Waals surface area contributed by atoms with E-state index in [0.717, 1.165) is 26.4 Å². The summed E-state index contributed by atoms with van der Waals surface area (Å²) in [5.74, 6) is -1.01. The predicted octanol–water partition coefficient (Wildman–Crippen LogP) is 1.69. The van der Waals surface area contributed by atoms with Crippen LogP contribution >= 0.6 is 11.3 Å². The third-order valence-electron chi connectivity index (χ3n) is 4.07. The number of rotatable bonds is 2. The van der Waals surface area contributed by atoms with Gasteiger partial charge in [-0.3, -0.25) is 19.7 Å². The molecule has 3 heterocycles. The second-order valence-electron chi connectivity index (χ2n) is 5.59. The molecule has 1 unspecified atom stereocenters. The molecule has 0 radical (unpaired) electrons. The van der Waals surface area contributed by atoms with E-state index in [2.05, 4.69) is 15.6 Å². The molecular formula is C15H17N3O3S. The lowest BCUT2D eigenvalue weighted by Gasteiger charge is -2.21. The second kappa shape index (κ2) is 5.24. The Kier molecular flexibility index (Phi) is 3.52. The van der Waals surface area contributed by atoms with Crippen molar-refractivity contribution < 1.29 is 14.4 Å². The van der Waals surface area contributed by atoms with Crippen molar-refractivity contribution in [2.75, 3.05) is 0 Å². The van der Waals surface area contributed by atoms with Gasteiger partial charge in [0.2, 0.25) is 11.8 Å². The molecule has 3 amide bonds. The summed E-state index contributed by atoms with van der Waals surface area (Å²) in [5.41, 5.74) is 3.59. The van der Waals surface area contributed by atoms with E-state index in [4.69, 9.17) is 0 Å². The third kappa shape index (κ3) is 2.31. The Morgan fingerprint density at radius 2 is 2.00 bits per heavy atom. The molecule has 0 aromatic carbocycles. The third-order valence-corrected chi connectivity index (χ3v) is 5.30. The van der Waals surface area contributed by atoms with E-state index in [9.17, 15) is 14.4 Å². The Hall–Kier alpha value is -2.15. The molecule has 3 rings (SSSR count). The molecule has 6 nitrogen and oxygen atoms in total. The van der Waals surface area contributed by atoms with Gasteiger partial charge in [-0.15, -0.1) is 11.3 Å². The van der Waals surface area contributed by atoms with E-state index < -0.39 is 11.9 Å². The fourth-order valence-corrected chi connectivity index (χ4v) is 3.88. The maximum atomic E-state index is 12.6. The Labute approximate surface area is 131 Å². The van der Waals surface area contributed by atoms with Crippen molar-refractivity contribution in [1.82, 2.24) is 15.6 Å². The van der Waals surface area contributed by atoms with E-state index in [0.29, 0.717) is 12.0 Å². The lowest BCUT2D eigenvalue weighted by atomic mass is 10.1. The molecule has 0 bridgehead atoms. The summed E-state index contributed by atoms with van der Waals surface area (Å²) in [5, 5.41) is 4.98. The van der Waals surface area contributed by atoms with Crippen molar-refractivity contribution in [2.45, 2.75) is 39.7 Å². The Bertz CT molecular complexity index is 803. The highest BCUT2D eigenvalue weighted by Crippen LogP contribution is 2.34. The van der Waals surface area contributed by atoms with Gasteiger partial charge in [0.15, 0.2) is 0 Å².